The third-order valence-electron chi connectivity index (χ3n) is 3.50. The Morgan fingerprint density at radius 1 is 1.25 bits per heavy atom. The molecule has 0 radical (unpaired) electrons. The molecule has 20 heavy (non-hydrogen) atoms. The summed E-state index contributed by atoms with van der Waals surface area (Å²) in [4.78, 5) is 38.0. The number of carbonyl (C=O) groups excluding carboxylic acids is 3. The summed E-state index contributed by atoms with van der Waals surface area (Å²) in [6.07, 6.45) is 3.12. The summed E-state index contributed by atoms with van der Waals surface area (Å²) < 4.78 is 0. The molecule has 5 heteroatoms. The number of nitrogens with one attached hydrogen (secondary N) is 1. The van der Waals surface area contributed by atoms with Gasteiger partial charge in [-0.1, -0.05) is 6.07 Å². The summed E-state index contributed by atoms with van der Waals surface area (Å²) >= 11 is 0. The van der Waals surface area contributed by atoms with E-state index in [1.54, 1.807) is 6.07 Å². The van der Waals surface area contributed by atoms with E-state index in [-0.39, 0.29) is 17.7 Å². The van der Waals surface area contributed by atoms with Gasteiger partial charge in [-0.3, -0.25) is 24.7 Å². The maximum Gasteiger partial charge on any atom is 0.234 e. The predicted molar refractivity (Wildman–Crippen MR) is 72.3 cm³/mol. The molecular weight excluding hydrogens is 256 g/mol. The summed E-state index contributed by atoms with van der Waals surface area (Å²) in [6, 6.07) is 7.26. The van der Waals surface area contributed by atoms with Crippen molar-refractivity contribution < 1.29 is 14.4 Å². The SMILES string of the molecule is O=Cc1cnc2ccc(C3CCC(=O)NC3=O)cc2c1. The van der Waals surface area contributed by atoms with Gasteiger partial charge in [0.1, 0.15) is 0 Å². The number of nitrogens with zero attached hydrogens (tertiary/aromatic N) is 1. The molecule has 1 aromatic heterocycles. The third kappa shape index (κ3) is 2.18. The minimum atomic E-state index is -0.322. The van der Waals surface area contributed by atoms with E-state index in [0.29, 0.717) is 18.4 Å². The molecule has 1 aliphatic heterocycles. The summed E-state index contributed by atoms with van der Waals surface area (Å²) in [5.74, 6) is -0.811. The first-order valence-corrected chi connectivity index (χ1v) is 6.36. The quantitative estimate of drug-likeness (QED) is 0.662. The summed E-state index contributed by atoms with van der Waals surface area (Å²) in [6.45, 7) is 0. The highest BCUT2D eigenvalue weighted by Crippen LogP contribution is 2.27. The zero-order valence-corrected chi connectivity index (χ0v) is 10.6. The van der Waals surface area contributed by atoms with E-state index < -0.39 is 0 Å². The molecule has 2 aromatic rings. The van der Waals surface area contributed by atoms with Crippen molar-refractivity contribution in [3.8, 4) is 0 Å². The van der Waals surface area contributed by atoms with Crippen LogP contribution in [-0.4, -0.2) is 23.1 Å². The van der Waals surface area contributed by atoms with Gasteiger partial charge >= 0.3 is 0 Å². The number of fused-ring (bicyclic) bond motifs is 1. The maximum absolute atomic E-state index is 11.9. The molecule has 100 valence electrons. The van der Waals surface area contributed by atoms with Gasteiger partial charge in [-0.05, 0) is 30.2 Å². The fraction of sp³-hybridized carbons (Fsp3) is 0.200. The second-order valence-corrected chi connectivity index (χ2v) is 4.84. The van der Waals surface area contributed by atoms with Crippen LogP contribution in [0.1, 0.15) is 34.7 Å². The van der Waals surface area contributed by atoms with Gasteiger partial charge in [-0.15, -0.1) is 0 Å². The Kier molecular flexibility index (Phi) is 3.02. The van der Waals surface area contributed by atoms with Crippen LogP contribution in [0.2, 0.25) is 0 Å². The van der Waals surface area contributed by atoms with E-state index in [9.17, 15) is 14.4 Å². The van der Waals surface area contributed by atoms with Crippen LogP contribution in [0, 0.1) is 0 Å². The minimum Gasteiger partial charge on any atom is -0.298 e. The Bertz CT molecular complexity index is 724. The van der Waals surface area contributed by atoms with Gasteiger partial charge in [0.2, 0.25) is 11.8 Å². The van der Waals surface area contributed by atoms with Crippen molar-refractivity contribution in [1.29, 1.82) is 0 Å². The Morgan fingerprint density at radius 2 is 2.10 bits per heavy atom. The highest BCUT2D eigenvalue weighted by atomic mass is 16.2. The van der Waals surface area contributed by atoms with Crippen molar-refractivity contribution in [2.75, 3.05) is 0 Å². The molecule has 0 aliphatic carbocycles. The lowest BCUT2D eigenvalue weighted by molar-refractivity contribution is -0.134. The molecule has 1 aliphatic rings. The van der Waals surface area contributed by atoms with E-state index >= 15 is 0 Å². The summed E-state index contributed by atoms with van der Waals surface area (Å²) in [7, 11) is 0. The van der Waals surface area contributed by atoms with Crippen molar-refractivity contribution in [2.45, 2.75) is 18.8 Å². The number of piperidine rings is 1. The molecule has 0 bridgehead atoms. The van der Waals surface area contributed by atoms with Crippen molar-refractivity contribution in [3.63, 3.8) is 0 Å². The number of amides is 2. The lowest BCUT2D eigenvalue weighted by Crippen LogP contribution is -2.39. The first-order valence-electron chi connectivity index (χ1n) is 6.36. The van der Waals surface area contributed by atoms with Crippen LogP contribution in [0.4, 0.5) is 0 Å². The molecule has 1 fully saturated rings. The second-order valence-electron chi connectivity index (χ2n) is 4.84. The van der Waals surface area contributed by atoms with E-state index in [1.165, 1.54) is 6.20 Å². The Balaban J connectivity index is 2.01. The molecule has 5 nitrogen and oxygen atoms in total. The van der Waals surface area contributed by atoms with Crippen molar-refractivity contribution in [3.05, 3.63) is 41.6 Å². The van der Waals surface area contributed by atoms with Gasteiger partial charge in [0, 0.05) is 23.6 Å². The molecule has 1 N–H and O–H groups in total. The number of hydrogen-bond acceptors (Lipinski definition) is 4. The lowest BCUT2D eigenvalue weighted by Gasteiger charge is -2.21. The standard InChI is InChI=1S/C15H12N2O3/c18-8-9-5-11-6-10(1-3-13(11)16-7-9)12-2-4-14(19)17-15(12)20/h1,3,5-8,12H,2,4H2,(H,17,19,20). The first-order chi connectivity index (χ1) is 9.67. The molecular formula is C15H12N2O3. The van der Waals surface area contributed by atoms with Crippen LogP contribution in [0.15, 0.2) is 30.5 Å². The summed E-state index contributed by atoms with van der Waals surface area (Å²) in [5, 5.41) is 3.17. The highest BCUT2D eigenvalue weighted by Gasteiger charge is 2.27. The topological polar surface area (TPSA) is 76.1 Å². The number of benzene rings is 1. The number of aromatic nitrogens is 1. The van der Waals surface area contributed by atoms with Gasteiger partial charge in [-0.25, -0.2) is 0 Å². The average Bonchev–Trinajstić information content (AvgIpc) is 2.46. The van der Waals surface area contributed by atoms with Crippen LogP contribution in [0.3, 0.4) is 0 Å². The highest BCUT2D eigenvalue weighted by molar-refractivity contribution is 6.01. The number of rotatable bonds is 2. The normalized spacial score (nSPS) is 18.9. The molecule has 0 saturated carbocycles. The van der Waals surface area contributed by atoms with Gasteiger partial charge in [0.15, 0.2) is 6.29 Å². The van der Waals surface area contributed by atoms with Crippen molar-refractivity contribution in [2.24, 2.45) is 0 Å². The molecule has 1 aromatic carbocycles. The number of carbonyl (C=O) groups is 3. The number of hydrogen-bond donors (Lipinski definition) is 1. The zero-order valence-electron chi connectivity index (χ0n) is 10.6. The average molecular weight is 268 g/mol. The maximum atomic E-state index is 11.9. The molecule has 0 spiro atoms. The first kappa shape index (κ1) is 12.5. The van der Waals surface area contributed by atoms with Crippen molar-refractivity contribution >= 4 is 29.0 Å². The van der Waals surface area contributed by atoms with Gasteiger partial charge < -0.3 is 0 Å². The van der Waals surface area contributed by atoms with Crippen LogP contribution >= 0.6 is 0 Å². The largest absolute Gasteiger partial charge is 0.298 e. The van der Waals surface area contributed by atoms with Gasteiger partial charge in [0.25, 0.3) is 0 Å². The van der Waals surface area contributed by atoms with E-state index in [2.05, 4.69) is 10.3 Å². The monoisotopic (exact) mass is 268 g/mol. The van der Waals surface area contributed by atoms with Crippen LogP contribution in [0.25, 0.3) is 10.9 Å². The fourth-order valence-corrected chi connectivity index (χ4v) is 2.46. The molecule has 2 heterocycles. The number of pyridine rings is 1. The van der Waals surface area contributed by atoms with Crippen LogP contribution in [0.5, 0.6) is 0 Å². The van der Waals surface area contributed by atoms with Gasteiger partial charge in [-0.2, -0.15) is 0 Å². The van der Waals surface area contributed by atoms with Crippen LogP contribution in [-0.2, 0) is 9.59 Å². The third-order valence-corrected chi connectivity index (χ3v) is 3.50. The molecule has 3 rings (SSSR count). The molecule has 1 atom stereocenters. The van der Waals surface area contributed by atoms with E-state index in [4.69, 9.17) is 0 Å². The summed E-state index contributed by atoms with van der Waals surface area (Å²) in [5.41, 5.74) is 2.11. The van der Waals surface area contributed by atoms with Crippen molar-refractivity contribution in [1.82, 2.24) is 10.3 Å². The van der Waals surface area contributed by atoms with Gasteiger partial charge in [0.05, 0.1) is 11.4 Å². The Hall–Kier alpha value is -2.56. The zero-order chi connectivity index (χ0) is 14.1. The fourth-order valence-electron chi connectivity index (χ4n) is 2.46. The molecule has 1 saturated heterocycles. The predicted octanol–water partition coefficient (Wildman–Crippen LogP) is 1.57. The second kappa shape index (κ2) is 4.85. The van der Waals surface area contributed by atoms with Crippen LogP contribution < -0.4 is 5.32 Å². The molecule has 2 amide bonds. The lowest BCUT2D eigenvalue weighted by atomic mass is 9.90. The smallest absolute Gasteiger partial charge is 0.234 e. The number of aldehydes is 1. The number of imide groups is 1. The Morgan fingerprint density at radius 3 is 2.85 bits per heavy atom. The Labute approximate surface area is 115 Å². The minimum absolute atomic E-state index is 0.225. The van der Waals surface area contributed by atoms with E-state index in [1.807, 2.05) is 18.2 Å². The van der Waals surface area contributed by atoms with E-state index in [0.717, 1.165) is 22.8 Å². The molecule has 1 unspecified atom stereocenters.